The zero-order chi connectivity index (χ0) is 15.1. The van der Waals surface area contributed by atoms with Crippen LogP contribution in [0.1, 0.15) is 17.2 Å². The molecule has 0 saturated heterocycles. The average molecular weight is 285 g/mol. The third-order valence-electron chi connectivity index (χ3n) is 3.00. The molecule has 1 unspecified atom stereocenters. The SMILES string of the molecule is O=C(/C=C/c1ccccc1)NC(CO)c1ccc(F)cc1. The summed E-state index contributed by atoms with van der Waals surface area (Å²) in [5.74, 6) is -0.673. The van der Waals surface area contributed by atoms with Crippen LogP contribution in [0.4, 0.5) is 4.39 Å². The van der Waals surface area contributed by atoms with Crippen molar-refractivity contribution in [3.63, 3.8) is 0 Å². The Morgan fingerprint density at radius 3 is 2.43 bits per heavy atom. The topological polar surface area (TPSA) is 49.3 Å². The molecule has 0 radical (unpaired) electrons. The van der Waals surface area contributed by atoms with Crippen molar-refractivity contribution in [2.24, 2.45) is 0 Å². The normalized spacial score (nSPS) is 12.3. The van der Waals surface area contributed by atoms with Crippen molar-refractivity contribution in [3.05, 3.63) is 77.6 Å². The van der Waals surface area contributed by atoms with Gasteiger partial charge in [-0.3, -0.25) is 4.79 Å². The number of benzene rings is 2. The number of carbonyl (C=O) groups excluding carboxylic acids is 1. The first-order valence-electron chi connectivity index (χ1n) is 6.59. The maximum Gasteiger partial charge on any atom is 0.244 e. The van der Waals surface area contributed by atoms with Crippen LogP contribution in [0.5, 0.6) is 0 Å². The maximum atomic E-state index is 12.9. The third kappa shape index (κ3) is 4.54. The van der Waals surface area contributed by atoms with Crippen LogP contribution in [-0.2, 0) is 4.79 Å². The van der Waals surface area contributed by atoms with Gasteiger partial charge in [-0.05, 0) is 29.3 Å². The molecular formula is C17H16FNO2. The van der Waals surface area contributed by atoms with E-state index in [1.807, 2.05) is 30.3 Å². The summed E-state index contributed by atoms with van der Waals surface area (Å²) in [5, 5.41) is 12.0. The highest BCUT2D eigenvalue weighted by Gasteiger charge is 2.11. The summed E-state index contributed by atoms with van der Waals surface area (Å²) in [7, 11) is 0. The predicted octanol–water partition coefficient (Wildman–Crippen LogP) is 2.69. The second-order valence-electron chi connectivity index (χ2n) is 4.54. The van der Waals surface area contributed by atoms with Crippen LogP contribution in [0.3, 0.4) is 0 Å². The quantitative estimate of drug-likeness (QED) is 0.830. The molecule has 0 aliphatic rings. The van der Waals surface area contributed by atoms with Gasteiger partial charge in [0.05, 0.1) is 12.6 Å². The van der Waals surface area contributed by atoms with Crippen LogP contribution in [0.25, 0.3) is 6.08 Å². The summed E-state index contributed by atoms with van der Waals surface area (Å²) in [6, 6.07) is 14.5. The smallest absolute Gasteiger partial charge is 0.244 e. The van der Waals surface area contributed by atoms with E-state index < -0.39 is 6.04 Å². The van der Waals surface area contributed by atoms with Crippen molar-refractivity contribution in [3.8, 4) is 0 Å². The van der Waals surface area contributed by atoms with E-state index in [4.69, 9.17) is 0 Å². The molecule has 3 nitrogen and oxygen atoms in total. The predicted molar refractivity (Wildman–Crippen MR) is 79.8 cm³/mol. The Balaban J connectivity index is 2.00. The lowest BCUT2D eigenvalue weighted by Crippen LogP contribution is -2.29. The van der Waals surface area contributed by atoms with Gasteiger partial charge >= 0.3 is 0 Å². The summed E-state index contributed by atoms with van der Waals surface area (Å²) in [6.07, 6.45) is 3.09. The number of rotatable bonds is 5. The molecule has 0 saturated carbocycles. The lowest BCUT2D eigenvalue weighted by molar-refractivity contribution is -0.117. The number of carbonyl (C=O) groups is 1. The van der Waals surface area contributed by atoms with Gasteiger partial charge in [0.2, 0.25) is 5.91 Å². The van der Waals surface area contributed by atoms with E-state index in [0.29, 0.717) is 5.56 Å². The van der Waals surface area contributed by atoms with Crippen LogP contribution in [0.2, 0.25) is 0 Å². The van der Waals surface area contributed by atoms with Crippen molar-refractivity contribution >= 4 is 12.0 Å². The van der Waals surface area contributed by atoms with E-state index in [-0.39, 0.29) is 18.3 Å². The van der Waals surface area contributed by atoms with Gasteiger partial charge < -0.3 is 10.4 Å². The van der Waals surface area contributed by atoms with E-state index in [1.165, 1.54) is 30.3 Å². The van der Waals surface area contributed by atoms with Gasteiger partial charge in [0.25, 0.3) is 0 Å². The number of halogens is 1. The van der Waals surface area contributed by atoms with Gasteiger partial charge in [0.15, 0.2) is 0 Å². The van der Waals surface area contributed by atoms with E-state index in [0.717, 1.165) is 5.56 Å². The molecule has 0 aliphatic heterocycles. The molecule has 4 heteroatoms. The fraction of sp³-hybridized carbons (Fsp3) is 0.118. The van der Waals surface area contributed by atoms with E-state index in [1.54, 1.807) is 6.08 Å². The lowest BCUT2D eigenvalue weighted by Gasteiger charge is -2.15. The van der Waals surface area contributed by atoms with Gasteiger partial charge in [-0.15, -0.1) is 0 Å². The molecule has 1 amide bonds. The van der Waals surface area contributed by atoms with Crippen LogP contribution in [0.15, 0.2) is 60.7 Å². The second kappa shape index (κ2) is 7.36. The third-order valence-corrected chi connectivity index (χ3v) is 3.00. The molecule has 2 aromatic rings. The second-order valence-corrected chi connectivity index (χ2v) is 4.54. The summed E-state index contributed by atoms with van der Waals surface area (Å²) in [6.45, 7) is -0.253. The van der Waals surface area contributed by atoms with Crippen molar-refractivity contribution in [2.45, 2.75) is 6.04 Å². The van der Waals surface area contributed by atoms with Crippen LogP contribution in [0, 0.1) is 5.82 Å². The molecule has 0 bridgehead atoms. The molecule has 21 heavy (non-hydrogen) atoms. The van der Waals surface area contributed by atoms with Crippen LogP contribution < -0.4 is 5.32 Å². The number of hydrogen-bond donors (Lipinski definition) is 2. The van der Waals surface area contributed by atoms with Gasteiger partial charge in [-0.2, -0.15) is 0 Å². The largest absolute Gasteiger partial charge is 0.394 e. The zero-order valence-corrected chi connectivity index (χ0v) is 11.4. The van der Waals surface area contributed by atoms with Gasteiger partial charge in [0, 0.05) is 6.08 Å². The first-order valence-corrected chi connectivity index (χ1v) is 6.59. The van der Waals surface area contributed by atoms with Crippen molar-refractivity contribution in [1.29, 1.82) is 0 Å². The van der Waals surface area contributed by atoms with Crippen LogP contribution in [-0.4, -0.2) is 17.6 Å². The Labute approximate surface area is 122 Å². The highest BCUT2D eigenvalue weighted by atomic mass is 19.1. The minimum Gasteiger partial charge on any atom is -0.394 e. The van der Waals surface area contributed by atoms with Crippen molar-refractivity contribution < 1.29 is 14.3 Å². The Morgan fingerprint density at radius 1 is 1.14 bits per heavy atom. The molecular weight excluding hydrogens is 269 g/mol. The van der Waals surface area contributed by atoms with Gasteiger partial charge in [-0.25, -0.2) is 4.39 Å². The molecule has 0 aromatic heterocycles. The Bertz CT molecular complexity index is 608. The lowest BCUT2D eigenvalue weighted by atomic mass is 10.1. The Hall–Kier alpha value is -2.46. The monoisotopic (exact) mass is 285 g/mol. The summed E-state index contributed by atoms with van der Waals surface area (Å²) in [4.78, 5) is 11.8. The molecule has 0 heterocycles. The zero-order valence-electron chi connectivity index (χ0n) is 11.4. The number of hydrogen-bond acceptors (Lipinski definition) is 2. The first-order chi connectivity index (χ1) is 10.2. The summed E-state index contributed by atoms with van der Waals surface area (Å²) < 4.78 is 12.9. The number of nitrogens with one attached hydrogen (secondary N) is 1. The maximum absolute atomic E-state index is 12.9. The Kier molecular flexibility index (Phi) is 5.23. The Morgan fingerprint density at radius 2 is 1.81 bits per heavy atom. The number of aliphatic hydroxyl groups excluding tert-OH is 1. The van der Waals surface area contributed by atoms with Crippen molar-refractivity contribution in [2.75, 3.05) is 6.61 Å². The summed E-state index contributed by atoms with van der Waals surface area (Å²) >= 11 is 0. The minimum atomic E-state index is -0.557. The highest BCUT2D eigenvalue weighted by Crippen LogP contribution is 2.13. The average Bonchev–Trinajstić information content (AvgIpc) is 2.52. The number of aliphatic hydroxyl groups is 1. The molecule has 2 N–H and O–H groups in total. The van der Waals surface area contributed by atoms with Crippen molar-refractivity contribution in [1.82, 2.24) is 5.32 Å². The fourth-order valence-corrected chi connectivity index (χ4v) is 1.89. The van der Waals surface area contributed by atoms with E-state index >= 15 is 0 Å². The molecule has 0 fully saturated rings. The van der Waals surface area contributed by atoms with E-state index in [2.05, 4.69) is 5.32 Å². The minimum absolute atomic E-state index is 0.253. The summed E-state index contributed by atoms with van der Waals surface area (Å²) in [5.41, 5.74) is 1.57. The number of amides is 1. The molecule has 108 valence electrons. The first kappa shape index (κ1) is 14.9. The molecule has 2 aromatic carbocycles. The molecule has 1 atom stereocenters. The van der Waals surface area contributed by atoms with Gasteiger partial charge in [0.1, 0.15) is 5.82 Å². The van der Waals surface area contributed by atoms with Gasteiger partial charge in [-0.1, -0.05) is 42.5 Å². The standard InChI is InChI=1S/C17H16FNO2/c18-15-9-7-14(8-10-15)16(12-20)19-17(21)11-6-13-4-2-1-3-5-13/h1-11,16,20H,12H2,(H,19,21)/b11-6+. The molecule has 0 aliphatic carbocycles. The fourth-order valence-electron chi connectivity index (χ4n) is 1.89. The van der Waals surface area contributed by atoms with Crippen LogP contribution >= 0.6 is 0 Å². The molecule has 2 rings (SSSR count). The van der Waals surface area contributed by atoms with E-state index in [9.17, 15) is 14.3 Å². The molecule has 0 spiro atoms. The highest BCUT2D eigenvalue weighted by molar-refractivity contribution is 5.92.